The van der Waals surface area contributed by atoms with E-state index in [0.29, 0.717) is 4.83 Å². The molecule has 13 heavy (non-hydrogen) atoms. The Bertz CT molecular complexity index is 408. The highest BCUT2D eigenvalue weighted by atomic mass is 79.9. The fraction of sp³-hybridized carbons (Fsp3) is 0.333. The molecule has 0 spiro atoms. The molecule has 0 amide bonds. The predicted octanol–water partition coefficient (Wildman–Crippen LogP) is 2.06. The monoisotopic (exact) mass is 239 g/mol. The molecule has 1 atom stereocenters. The second-order valence-electron chi connectivity index (χ2n) is 3.04. The summed E-state index contributed by atoms with van der Waals surface area (Å²) >= 11 is 3.52. The van der Waals surface area contributed by atoms with Crippen LogP contribution in [0.25, 0.3) is 5.65 Å². The zero-order valence-electron chi connectivity index (χ0n) is 7.31. The molecule has 2 aromatic heterocycles. The lowest BCUT2D eigenvalue weighted by Gasteiger charge is -2.01. The van der Waals surface area contributed by atoms with Gasteiger partial charge in [-0.2, -0.15) is 0 Å². The smallest absolute Gasteiger partial charge is 0.155 e. The molecule has 4 heteroatoms. The van der Waals surface area contributed by atoms with E-state index in [0.717, 1.165) is 12.1 Å². The van der Waals surface area contributed by atoms with Gasteiger partial charge in [-0.25, -0.2) is 4.98 Å². The van der Waals surface area contributed by atoms with Crippen LogP contribution in [0.4, 0.5) is 0 Å². The Morgan fingerprint density at radius 2 is 2.38 bits per heavy atom. The van der Waals surface area contributed by atoms with Crippen molar-refractivity contribution in [3.63, 3.8) is 0 Å². The van der Waals surface area contributed by atoms with E-state index in [-0.39, 0.29) is 0 Å². The summed E-state index contributed by atoms with van der Waals surface area (Å²) in [6.07, 6.45) is 8.35. The van der Waals surface area contributed by atoms with Gasteiger partial charge in [0, 0.05) is 35.5 Å². The minimum absolute atomic E-state index is 0.473. The molecule has 0 aliphatic carbocycles. The fourth-order valence-electron chi connectivity index (χ4n) is 1.33. The van der Waals surface area contributed by atoms with Gasteiger partial charge >= 0.3 is 0 Å². The molecule has 0 saturated heterocycles. The van der Waals surface area contributed by atoms with Gasteiger partial charge in [-0.15, -0.1) is 0 Å². The van der Waals surface area contributed by atoms with Gasteiger partial charge < -0.3 is 4.40 Å². The highest BCUT2D eigenvalue weighted by Crippen LogP contribution is 2.10. The van der Waals surface area contributed by atoms with Crippen LogP contribution < -0.4 is 0 Å². The maximum absolute atomic E-state index is 4.25. The first-order valence-electron chi connectivity index (χ1n) is 4.17. The van der Waals surface area contributed by atoms with Crippen molar-refractivity contribution in [3.05, 3.63) is 30.5 Å². The fourth-order valence-corrected chi connectivity index (χ4v) is 1.67. The molecular formula is C9H10BrN3. The van der Waals surface area contributed by atoms with E-state index in [4.69, 9.17) is 0 Å². The maximum Gasteiger partial charge on any atom is 0.155 e. The summed E-state index contributed by atoms with van der Waals surface area (Å²) in [5.74, 6) is 0. The first-order chi connectivity index (χ1) is 6.27. The standard InChI is InChI=1S/C9H10BrN3/c1-7(10)4-8-5-12-9-6-11-2-3-13(8)9/h2-3,5-7H,4H2,1H3. The van der Waals surface area contributed by atoms with Crippen molar-refractivity contribution < 1.29 is 0 Å². The van der Waals surface area contributed by atoms with Gasteiger partial charge in [0.2, 0.25) is 0 Å². The van der Waals surface area contributed by atoms with Crippen molar-refractivity contribution in [2.24, 2.45) is 0 Å². The van der Waals surface area contributed by atoms with Crippen molar-refractivity contribution in [2.45, 2.75) is 18.2 Å². The molecule has 0 N–H and O–H groups in total. The number of imidazole rings is 1. The van der Waals surface area contributed by atoms with Crippen LogP contribution in [0.3, 0.4) is 0 Å². The lowest BCUT2D eigenvalue weighted by Crippen LogP contribution is -2.00. The summed E-state index contributed by atoms with van der Waals surface area (Å²) < 4.78 is 2.06. The van der Waals surface area contributed by atoms with Crippen molar-refractivity contribution >= 4 is 21.6 Å². The van der Waals surface area contributed by atoms with E-state index in [1.165, 1.54) is 5.69 Å². The molecule has 2 aromatic rings. The van der Waals surface area contributed by atoms with Crippen molar-refractivity contribution in [3.8, 4) is 0 Å². The third-order valence-electron chi connectivity index (χ3n) is 1.88. The number of hydrogen-bond acceptors (Lipinski definition) is 2. The van der Waals surface area contributed by atoms with Crippen molar-refractivity contribution in [1.82, 2.24) is 14.4 Å². The minimum atomic E-state index is 0.473. The summed E-state index contributed by atoms with van der Waals surface area (Å²) in [5, 5.41) is 0. The lowest BCUT2D eigenvalue weighted by molar-refractivity contribution is 0.892. The zero-order chi connectivity index (χ0) is 9.26. The molecule has 0 saturated carbocycles. The molecule has 0 aliphatic rings. The van der Waals surface area contributed by atoms with Crippen LogP contribution in [0.2, 0.25) is 0 Å². The Kier molecular flexibility index (Phi) is 2.31. The average Bonchev–Trinajstić information content (AvgIpc) is 2.48. The van der Waals surface area contributed by atoms with Crippen LogP contribution in [-0.2, 0) is 6.42 Å². The number of nitrogens with zero attached hydrogens (tertiary/aromatic N) is 3. The Hall–Kier alpha value is -0.900. The number of rotatable bonds is 2. The Morgan fingerprint density at radius 1 is 1.54 bits per heavy atom. The molecule has 0 aromatic carbocycles. The van der Waals surface area contributed by atoms with Crippen LogP contribution in [0.15, 0.2) is 24.8 Å². The molecule has 68 valence electrons. The quantitative estimate of drug-likeness (QED) is 0.752. The Morgan fingerprint density at radius 3 is 3.15 bits per heavy atom. The summed E-state index contributed by atoms with van der Waals surface area (Å²) in [6.45, 7) is 2.13. The molecular weight excluding hydrogens is 230 g/mol. The highest BCUT2D eigenvalue weighted by molar-refractivity contribution is 9.09. The highest BCUT2D eigenvalue weighted by Gasteiger charge is 2.04. The number of hydrogen-bond donors (Lipinski definition) is 0. The average molecular weight is 240 g/mol. The first-order valence-corrected chi connectivity index (χ1v) is 5.09. The van der Waals surface area contributed by atoms with E-state index in [1.54, 1.807) is 12.4 Å². The molecule has 0 aliphatic heterocycles. The van der Waals surface area contributed by atoms with Gasteiger partial charge in [-0.1, -0.05) is 22.9 Å². The molecule has 0 bridgehead atoms. The van der Waals surface area contributed by atoms with E-state index in [2.05, 4.69) is 37.2 Å². The van der Waals surface area contributed by atoms with Gasteiger partial charge in [0.25, 0.3) is 0 Å². The Balaban J connectivity index is 2.46. The maximum atomic E-state index is 4.25. The van der Waals surface area contributed by atoms with Crippen LogP contribution >= 0.6 is 15.9 Å². The van der Waals surface area contributed by atoms with Gasteiger partial charge in [-0.05, 0) is 0 Å². The van der Waals surface area contributed by atoms with E-state index >= 15 is 0 Å². The molecule has 3 nitrogen and oxygen atoms in total. The number of halogens is 1. The van der Waals surface area contributed by atoms with Gasteiger partial charge in [0.15, 0.2) is 5.65 Å². The topological polar surface area (TPSA) is 30.2 Å². The predicted molar refractivity (Wildman–Crippen MR) is 55.1 cm³/mol. The van der Waals surface area contributed by atoms with Gasteiger partial charge in [-0.3, -0.25) is 4.98 Å². The van der Waals surface area contributed by atoms with E-state index in [1.807, 2.05) is 12.4 Å². The zero-order valence-corrected chi connectivity index (χ0v) is 8.90. The SMILES string of the molecule is CC(Br)Cc1cnc2cnccn12. The normalized spacial score (nSPS) is 13.4. The summed E-state index contributed by atoms with van der Waals surface area (Å²) in [7, 11) is 0. The lowest BCUT2D eigenvalue weighted by atomic mass is 10.3. The summed E-state index contributed by atoms with van der Waals surface area (Å²) in [6, 6.07) is 0. The summed E-state index contributed by atoms with van der Waals surface area (Å²) in [5.41, 5.74) is 2.12. The van der Waals surface area contributed by atoms with Crippen molar-refractivity contribution in [2.75, 3.05) is 0 Å². The molecule has 2 rings (SSSR count). The van der Waals surface area contributed by atoms with Crippen molar-refractivity contribution in [1.29, 1.82) is 0 Å². The first kappa shape index (κ1) is 8.69. The molecule has 0 fully saturated rings. The van der Waals surface area contributed by atoms with Crippen LogP contribution in [0.5, 0.6) is 0 Å². The van der Waals surface area contributed by atoms with Gasteiger partial charge in [0.05, 0.1) is 6.20 Å². The second kappa shape index (κ2) is 3.46. The Labute approximate surface area is 85.0 Å². The van der Waals surface area contributed by atoms with Crippen LogP contribution in [0, 0.1) is 0 Å². The van der Waals surface area contributed by atoms with E-state index < -0.39 is 0 Å². The number of aromatic nitrogens is 3. The molecule has 2 heterocycles. The number of alkyl halides is 1. The molecule has 0 radical (unpaired) electrons. The van der Waals surface area contributed by atoms with Crippen LogP contribution in [-0.4, -0.2) is 19.2 Å². The second-order valence-corrected chi connectivity index (χ2v) is 4.60. The summed E-state index contributed by atoms with van der Waals surface area (Å²) in [4.78, 5) is 8.73. The van der Waals surface area contributed by atoms with Gasteiger partial charge in [0.1, 0.15) is 0 Å². The van der Waals surface area contributed by atoms with Crippen LogP contribution in [0.1, 0.15) is 12.6 Å². The number of fused-ring (bicyclic) bond motifs is 1. The third-order valence-corrected chi connectivity index (χ3v) is 2.21. The minimum Gasteiger partial charge on any atom is -0.301 e. The third kappa shape index (κ3) is 1.72. The largest absolute Gasteiger partial charge is 0.301 e. The molecule has 1 unspecified atom stereocenters. The van der Waals surface area contributed by atoms with E-state index in [9.17, 15) is 0 Å².